The van der Waals surface area contributed by atoms with E-state index < -0.39 is 0 Å². The van der Waals surface area contributed by atoms with Gasteiger partial charge in [0.2, 0.25) is 5.91 Å². The number of hydrogen-bond donors (Lipinski definition) is 1. The Morgan fingerprint density at radius 2 is 2.21 bits per heavy atom. The Bertz CT molecular complexity index is 718. The van der Waals surface area contributed by atoms with Crippen LogP contribution in [0.4, 0.5) is 0 Å². The first-order valence-electron chi connectivity index (χ1n) is 7.89. The summed E-state index contributed by atoms with van der Waals surface area (Å²) in [7, 11) is 0. The number of nitrogens with one attached hydrogen (secondary N) is 1. The fourth-order valence-corrected chi connectivity index (χ4v) is 3.20. The van der Waals surface area contributed by atoms with E-state index in [1.807, 2.05) is 29.7 Å². The molecular weight excluding hydrogens is 348 g/mol. The third-order valence-corrected chi connectivity index (χ3v) is 4.86. The van der Waals surface area contributed by atoms with Gasteiger partial charge in [-0.15, -0.1) is 10.2 Å². The van der Waals surface area contributed by atoms with Gasteiger partial charge < -0.3 is 14.6 Å². The highest BCUT2D eigenvalue weighted by atomic mass is 35.5. The van der Waals surface area contributed by atoms with Crippen molar-refractivity contribution in [1.29, 1.82) is 0 Å². The molecule has 1 N–H and O–H groups in total. The Morgan fingerprint density at radius 3 is 2.92 bits per heavy atom. The third kappa shape index (κ3) is 4.42. The van der Waals surface area contributed by atoms with Crippen LogP contribution < -0.4 is 10.1 Å². The number of carbonyl (C=O) groups is 1. The van der Waals surface area contributed by atoms with Gasteiger partial charge in [-0.1, -0.05) is 35.5 Å². The van der Waals surface area contributed by atoms with Crippen molar-refractivity contribution < 1.29 is 9.53 Å². The predicted octanol–water partition coefficient (Wildman–Crippen LogP) is 2.90. The summed E-state index contributed by atoms with van der Waals surface area (Å²) in [5, 5.41) is 12.6. The normalized spacial score (nSPS) is 13.8. The number of halogens is 1. The molecule has 0 radical (unpaired) electrons. The van der Waals surface area contributed by atoms with Gasteiger partial charge in [0.15, 0.2) is 11.0 Å². The minimum atomic E-state index is 0.0435. The minimum absolute atomic E-state index is 0.0435. The Balaban J connectivity index is 1.59. The first-order valence-corrected chi connectivity index (χ1v) is 9.25. The van der Waals surface area contributed by atoms with Gasteiger partial charge in [-0.25, -0.2) is 0 Å². The van der Waals surface area contributed by atoms with E-state index in [1.165, 1.54) is 11.8 Å². The molecule has 1 aliphatic rings. The maximum atomic E-state index is 11.8. The summed E-state index contributed by atoms with van der Waals surface area (Å²) >= 11 is 7.47. The van der Waals surface area contributed by atoms with Crippen molar-refractivity contribution in [2.24, 2.45) is 0 Å². The average Bonchev–Trinajstić information content (AvgIpc) is 3.30. The molecule has 8 heteroatoms. The molecule has 1 aliphatic carbocycles. The zero-order valence-electron chi connectivity index (χ0n) is 13.4. The topological polar surface area (TPSA) is 69.0 Å². The predicted molar refractivity (Wildman–Crippen MR) is 93.4 cm³/mol. The molecule has 1 fully saturated rings. The summed E-state index contributed by atoms with van der Waals surface area (Å²) in [4.78, 5) is 11.8. The van der Waals surface area contributed by atoms with Crippen molar-refractivity contribution >= 4 is 29.3 Å². The molecule has 1 heterocycles. The quantitative estimate of drug-likeness (QED) is 0.727. The van der Waals surface area contributed by atoms with Gasteiger partial charge in [-0.3, -0.25) is 4.79 Å². The van der Waals surface area contributed by atoms with Crippen molar-refractivity contribution in [3.63, 3.8) is 0 Å². The number of hydrogen-bond acceptors (Lipinski definition) is 5. The maximum absolute atomic E-state index is 11.8. The molecular formula is C16H19ClN4O2S. The third-order valence-electron chi connectivity index (χ3n) is 3.58. The van der Waals surface area contributed by atoms with Crippen LogP contribution in [-0.2, 0) is 17.9 Å². The molecule has 1 aromatic carbocycles. The molecule has 2 aromatic rings. The lowest BCUT2D eigenvalue weighted by Gasteiger charge is -2.09. The lowest BCUT2D eigenvalue weighted by Crippen LogP contribution is -2.27. The van der Waals surface area contributed by atoms with Crippen molar-refractivity contribution in [1.82, 2.24) is 20.1 Å². The lowest BCUT2D eigenvalue weighted by molar-refractivity contribution is -0.118. The fourth-order valence-electron chi connectivity index (χ4n) is 2.18. The molecule has 6 nitrogen and oxygen atoms in total. The van der Waals surface area contributed by atoms with E-state index in [1.54, 1.807) is 6.07 Å². The highest BCUT2D eigenvalue weighted by Crippen LogP contribution is 2.25. The second-order valence-corrected chi connectivity index (χ2v) is 6.84. The zero-order valence-corrected chi connectivity index (χ0v) is 14.9. The van der Waals surface area contributed by atoms with Crippen molar-refractivity contribution in [2.75, 3.05) is 5.75 Å². The summed E-state index contributed by atoms with van der Waals surface area (Å²) in [6.45, 7) is 3.00. The number of carbonyl (C=O) groups excluding carboxylic acids is 1. The summed E-state index contributed by atoms with van der Waals surface area (Å²) in [6.07, 6.45) is 2.18. The van der Waals surface area contributed by atoms with Gasteiger partial charge in [-0.2, -0.15) is 0 Å². The molecule has 1 aromatic heterocycles. The van der Waals surface area contributed by atoms with E-state index in [2.05, 4.69) is 15.5 Å². The molecule has 128 valence electrons. The molecule has 0 unspecified atom stereocenters. The fraction of sp³-hybridized carbons (Fsp3) is 0.438. The molecule has 0 atom stereocenters. The smallest absolute Gasteiger partial charge is 0.230 e. The van der Waals surface area contributed by atoms with E-state index in [9.17, 15) is 4.79 Å². The highest BCUT2D eigenvalue weighted by Gasteiger charge is 2.23. The van der Waals surface area contributed by atoms with E-state index in [0.29, 0.717) is 34.9 Å². The molecule has 0 aliphatic heterocycles. The van der Waals surface area contributed by atoms with Crippen molar-refractivity contribution in [3.8, 4) is 5.75 Å². The summed E-state index contributed by atoms with van der Waals surface area (Å²) in [5.41, 5.74) is 0. The zero-order chi connectivity index (χ0) is 16.9. The Hall–Kier alpha value is -1.73. The van der Waals surface area contributed by atoms with Crippen LogP contribution in [0.5, 0.6) is 5.75 Å². The first-order chi connectivity index (χ1) is 11.7. The Morgan fingerprint density at radius 1 is 1.42 bits per heavy atom. The molecule has 0 bridgehead atoms. The maximum Gasteiger partial charge on any atom is 0.230 e. The summed E-state index contributed by atoms with van der Waals surface area (Å²) in [5.74, 6) is 1.72. The van der Waals surface area contributed by atoms with Gasteiger partial charge >= 0.3 is 0 Å². The van der Waals surface area contributed by atoms with Crippen LogP contribution in [0.15, 0.2) is 29.4 Å². The van der Waals surface area contributed by atoms with Crippen LogP contribution >= 0.6 is 23.4 Å². The number of nitrogens with zero attached hydrogens (tertiary/aromatic N) is 3. The van der Waals surface area contributed by atoms with Gasteiger partial charge in [0.05, 0.1) is 10.8 Å². The van der Waals surface area contributed by atoms with Gasteiger partial charge in [0.1, 0.15) is 12.4 Å². The second-order valence-electron chi connectivity index (χ2n) is 5.49. The first kappa shape index (κ1) is 17.1. The van der Waals surface area contributed by atoms with Crippen LogP contribution in [0, 0.1) is 0 Å². The van der Waals surface area contributed by atoms with Crippen LogP contribution in [0.3, 0.4) is 0 Å². The Kier molecular flexibility index (Phi) is 5.63. The number of para-hydroxylation sites is 1. The SMILES string of the molecule is CCn1c(COc2ccccc2Cl)nnc1SCC(=O)NC1CC1. The monoisotopic (exact) mass is 366 g/mol. The molecule has 1 amide bonds. The summed E-state index contributed by atoms with van der Waals surface area (Å²) < 4.78 is 7.67. The van der Waals surface area contributed by atoms with E-state index >= 15 is 0 Å². The number of benzene rings is 1. The van der Waals surface area contributed by atoms with Gasteiger partial charge in [-0.05, 0) is 31.9 Å². The van der Waals surface area contributed by atoms with Crippen LogP contribution in [0.2, 0.25) is 5.02 Å². The number of rotatable bonds is 8. The van der Waals surface area contributed by atoms with E-state index in [4.69, 9.17) is 16.3 Å². The second kappa shape index (κ2) is 7.90. The number of aromatic nitrogens is 3. The largest absolute Gasteiger partial charge is 0.484 e. The molecule has 3 rings (SSSR count). The van der Waals surface area contributed by atoms with Crippen molar-refractivity contribution in [2.45, 2.75) is 44.1 Å². The van der Waals surface area contributed by atoms with Crippen LogP contribution in [-0.4, -0.2) is 32.5 Å². The molecule has 1 saturated carbocycles. The highest BCUT2D eigenvalue weighted by molar-refractivity contribution is 7.99. The number of ether oxygens (including phenoxy) is 1. The number of thioether (sulfide) groups is 1. The Labute approximate surface area is 149 Å². The van der Waals surface area contributed by atoms with Crippen LogP contribution in [0.1, 0.15) is 25.6 Å². The van der Waals surface area contributed by atoms with Crippen LogP contribution in [0.25, 0.3) is 0 Å². The number of amides is 1. The van der Waals surface area contributed by atoms with E-state index in [-0.39, 0.29) is 12.5 Å². The average molecular weight is 367 g/mol. The lowest BCUT2D eigenvalue weighted by atomic mass is 10.3. The van der Waals surface area contributed by atoms with E-state index in [0.717, 1.165) is 18.0 Å². The molecule has 0 spiro atoms. The van der Waals surface area contributed by atoms with Crippen molar-refractivity contribution in [3.05, 3.63) is 35.1 Å². The van der Waals surface area contributed by atoms with Gasteiger partial charge in [0, 0.05) is 12.6 Å². The standard InChI is InChI=1S/C16H19ClN4O2S/c1-2-21-14(9-23-13-6-4-3-5-12(13)17)19-20-16(21)24-10-15(22)18-11-7-8-11/h3-6,11H,2,7-10H2,1H3,(H,18,22). The minimum Gasteiger partial charge on any atom is -0.484 e. The summed E-state index contributed by atoms with van der Waals surface area (Å²) in [6, 6.07) is 7.69. The molecule has 24 heavy (non-hydrogen) atoms. The van der Waals surface area contributed by atoms with Gasteiger partial charge in [0.25, 0.3) is 0 Å². The molecule has 0 saturated heterocycles.